The van der Waals surface area contributed by atoms with Crippen molar-refractivity contribution in [1.29, 1.82) is 0 Å². The first-order valence-electron chi connectivity index (χ1n) is 4.55. The standard InChI is InChI=1S/C10H11BrN2OS/c1-13-6-12-5-8(13)9(14)4-7-2-3-10(11)15-7/h2-3,5-6,9,14H,4H2,1H3. The van der Waals surface area contributed by atoms with Gasteiger partial charge in [-0.15, -0.1) is 11.3 Å². The SMILES string of the molecule is Cn1cncc1C(O)Cc1ccc(Br)s1. The summed E-state index contributed by atoms with van der Waals surface area (Å²) < 4.78 is 2.93. The van der Waals surface area contributed by atoms with Crippen LogP contribution in [0.4, 0.5) is 0 Å². The van der Waals surface area contributed by atoms with Crippen molar-refractivity contribution >= 4 is 27.3 Å². The molecule has 0 amide bonds. The molecule has 80 valence electrons. The smallest absolute Gasteiger partial charge is 0.100 e. The molecule has 2 rings (SSSR count). The molecule has 2 aromatic heterocycles. The van der Waals surface area contributed by atoms with Crippen LogP contribution in [-0.4, -0.2) is 14.7 Å². The first-order chi connectivity index (χ1) is 7.16. The lowest BCUT2D eigenvalue weighted by Gasteiger charge is -2.09. The summed E-state index contributed by atoms with van der Waals surface area (Å²) in [6.07, 6.45) is 3.55. The van der Waals surface area contributed by atoms with Crippen LogP contribution in [0.25, 0.3) is 0 Å². The number of aliphatic hydroxyl groups is 1. The number of hydrogen-bond donors (Lipinski definition) is 1. The van der Waals surface area contributed by atoms with Gasteiger partial charge >= 0.3 is 0 Å². The van der Waals surface area contributed by atoms with Gasteiger partial charge in [0, 0.05) is 18.3 Å². The maximum absolute atomic E-state index is 9.98. The van der Waals surface area contributed by atoms with Gasteiger partial charge in [0.15, 0.2) is 0 Å². The summed E-state index contributed by atoms with van der Waals surface area (Å²) in [5.74, 6) is 0. The summed E-state index contributed by atoms with van der Waals surface area (Å²) in [7, 11) is 1.88. The molecule has 3 nitrogen and oxygen atoms in total. The lowest BCUT2D eigenvalue weighted by Crippen LogP contribution is -2.05. The average molecular weight is 287 g/mol. The molecule has 1 atom stereocenters. The highest BCUT2D eigenvalue weighted by molar-refractivity contribution is 9.11. The molecule has 0 saturated heterocycles. The minimum absolute atomic E-state index is 0.483. The van der Waals surface area contributed by atoms with Crippen molar-refractivity contribution in [2.75, 3.05) is 0 Å². The second-order valence-corrected chi connectivity index (χ2v) is 5.90. The molecule has 5 heteroatoms. The largest absolute Gasteiger partial charge is 0.386 e. The zero-order valence-corrected chi connectivity index (χ0v) is 10.6. The second-order valence-electron chi connectivity index (χ2n) is 3.36. The fraction of sp³-hybridized carbons (Fsp3) is 0.300. The van der Waals surface area contributed by atoms with Gasteiger partial charge in [-0.3, -0.25) is 0 Å². The topological polar surface area (TPSA) is 38.0 Å². The average Bonchev–Trinajstić information content (AvgIpc) is 2.75. The van der Waals surface area contributed by atoms with Crippen molar-refractivity contribution in [2.24, 2.45) is 7.05 Å². The number of aliphatic hydroxyl groups excluding tert-OH is 1. The summed E-state index contributed by atoms with van der Waals surface area (Å²) in [5.41, 5.74) is 0.847. The predicted octanol–water partition coefficient (Wildman–Crippen LogP) is 2.52. The van der Waals surface area contributed by atoms with Crippen molar-refractivity contribution in [1.82, 2.24) is 9.55 Å². The van der Waals surface area contributed by atoms with Crippen LogP contribution in [0.2, 0.25) is 0 Å². The van der Waals surface area contributed by atoms with Crippen LogP contribution in [0.3, 0.4) is 0 Å². The number of halogens is 1. The highest BCUT2D eigenvalue weighted by atomic mass is 79.9. The van der Waals surface area contributed by atoms with E-state index in [2.05, 4.69) is 20.9 Å². The number of aryl methyl sites for hydroxylation is 1. The Morgan fingerprint density at radius 1 is 1.60 bits per heavy atom. The Morgan fingerprint density at radius 3 is 2.93 bits per heavy atom. The Balaban J connectivity index is 2.10. The van der Waals surface area contributed by atoms with Gasteiger partial charge in [0.25, 0.3) is 0 Å². The van der Waals surface area contributed by atoms with E-state index in [1.807, 2.05) is 23.7 Å². The third kappa shape index (κ3) is 2.48. The number of thiophene rings is 1. The summed E-state index contributed by atoms with van der Waals surface area (Å²) in [6, 6.07) is 4.02. The monoisotopic (exact) mass is 286 g/mol. The van der Waals surface area contributed by atoms with Crippen LogP contribution in [0, 0.1) is 0 Å². The summed E-state index contributed by atoms with van der Waals surface area (Å²) in [6.45, 7) is 0. The van der Waals surface area contributed by atoms with Crippen molar-refractivity contribution in [3.63, 3.8) is 0 Å². The highest BCUT2D eigenvalue weighted by Crippen LogP contribution is 2.26. The fourth-order valence-electron chi connectivity index (χ4n) is 1.45. The van der Waals surface area contributed by atoms with E-state index in [0.717, 1.165) is 14.4 Å². The van der Waals surface area contributed by atoms with Crippen molar-refractivity contribution in [2.45, 2.75) is 12.5 Å². The number of rotatable bonds is 3. The van der Waals surface area contributed by atoms with E-state index in [1.165, 1.54) is 0 Å². The fourth-order valence-corrected chi connectivity index (χ4v) is 2.96. The highest BCUT2D eigenvalue weighted by Gasteiger charge is 2.12. The Morgan fingerprint density at radius 2 is 2.40 bits per heavy atom. The van der Waals surface area contributed by atoms with Gasteiger partial charge in [-0.25, -0.2) is 4.98 Å². The Labute approximate surface area is 101 Å². The number of hydrogen-bond acceptors (Lipinski definition) is 3. The lowest BCUT2D eigenvalue weighted by atomic mass is 10.2. The number of imidazole rings is 1. The van der Waals surface area contributed by atoms with Gasteiger partial charge in [0.2, 0.25) is 0 Å². The first-order valence-corrected chi connectivity index (χ1v) is 6.16. The maximum Gasteiger partial charge on any atom is 0.100 e. The molecule has 2 aromatic rings. The third-order valence-electron chi connectivity index (χ3n) is 2.22. The van der Waals surface area contributed by atoms with Crippen LogP contribution in [0.1, 0.15) is 16.7 Å². The van der Waals surface area contributed by atoms with E-state index in [-0.39, 0.29) is 0 Å². The maximum atomic E-state index is 9.98. The normalized spacial score (nSPS) is 13.0. The summed E-state index contributed by atoms with van der Waals surface area (Å²) >= 11 is 5.05. The van der Waals surface area contributed by atoms with E-state index in [1.54, 1.807) is 23.9 Å². The van der Waals surface area contributed by atoms with Crippen LogP contribution in [0.15, 0.2) is 28.4 Å². The molecular formula is C10H11BrN2OS. The van der Waals surface area contributed by atoms with Gasteiger partial charge in [-0.1, -0.05) is 0 Å². The molecule has 0 aliphatic carbocycles. The third-order valence-corrected chi connectivity index (χ3v) is 3.86. The van der Waals surface area contributed by atoms with Crippen molar-refractivity contribution < 1.29 is 5.11 Å². The summed E-state index contributed by atoms with van der Waals surface area (Å²) in [5, 5.41) is 9.98. The van der Waals surface area contributed by atoms with Gasteiger partial charge in [-0.05, 0) is 28.1 Å². The molecule has 1 N–H and O–H groups in total. The molecule has 0 fully saturated rings. The Kier molecular flexibility index (Phi) is 3.23. The molecule has 0 aliphatic heterocycles. The molecule has 1 unspecified atom stereocenters. The van der Waals surface area contributed by atoms with E-state index >= 15 is 0 Å². The van der Waals surface area contributed by atoms with E-state index in [9.17, 15) is 5.11 Å². The van der Waals surface area contributed by atoms with Crippen LogP contribution in [0.5, 0.6) is 0 Å². The quantitative estimate of drug-likeness (QED) is 0.942. The predicted molar refractivity (Wildman–Crippen MR) is 63.9 cm³/mol. The molecule has 0 bridgehead atoms. The van der Waals surface area contributed by atoms with E-state index in [4.69, 9.17) is 0 Å². The molecule has 2 heterocycles. The number of aromatic nitrogens is 2. The van der Waals surface area contributed by atoms with Crippen molar-refractivity contribution in [3.05, 3.63) is 39.0 Å². The molecule has 0 aliphatic rings. The minimum Gasteiger partial charge on any atom is -0.386 e. The van der Waals surface area contributed by atoms with Crippen LogP contribution < -0.4 is 0 Å². The summed E-state index contributed by atoms with van der Waals surface area (Å²) in [4.78, 5) is 5.15. The van der Waals surface area contributed by atoms with Gasteiger partial charge in [0.1, 0.15) is 6.10 Å². The zero-order chi connectivity index (χ0) is 10.8. The molecule has 0 radical (unpaired) electrons. The van der Waals surface area contributed by atoms with Gasteiger partial charge < -0.3 is 9.67 Å². The first kappa shape index (κ1) is 10.9. The van der Waals surface area contributed by atoms with Gasteiger partial charge in [-0.2, -0.15) is 0 Å². The van der Waals surface area contributed by atoms with E-state index < -0.39 is 6.10 Å². The number of nitrogens with zero attached hydrogens (tertiary/aromatic N) is 2. The molecular weight excluding hydrogens is 276 g/mol. The Bertz CT molecular complexity index is 452. The zero-order valence-electron chi connectivity index (χ0n) is 8.22. The van der Waals surface area contributed by atoms with Crippen molar-refractivity contribution in [3.8, 4) is 0 Å². The van der Waals surface area contributed by atoms with Crippen LogP contribution in [-0.2, 0) is 13.5 Å². The van der Waals surface area contributed by atoms with Gasteiger partial charge in [0.05, 0.1) is 22.0 Å². The molecule has 0 saturated carbocycles. The molecule has 0 spiro atoms. The lowest BCUT2D eigenvalue weighted by molar-refractivity contribution is 0.171. The Hall–Kier alpha value is -0.650. The van der Waals surface area contributed by atoms with Crippen LogP contribution >= 0.6 is 27.3 Å². The second kappa shape index (κ2) is 4.47. The molecule has 0 aromatic carbocycles. The molecule has 15 heavy (non-hydrogen) atoms. The van der Waals surface area contributed by atoms with E-state index in [0.29, 0.717) is 6.42 Å². The minimum atomic E-state index is -0.483.